The van der Waals surface area contributed by atoms with Crippen LogP contribution in [-0.4, -0.2) is 13.4 Å². The Morgan fingerprint density at radius 2 is 1.87 bits per heavy atom. The predicted octanol–water partition coefficient (Wildman–Crippen LogP) is 3.89. The Kier molecular flexibility index (Phi) is 4.09. The maximum Gasteiger partial charge on any atom is 0.261 e. The summed E-state index contributed by atoms with van der Waals surface area (Å²) in [5, 5.41) is 0. The molecular weight excluding hydrogens is 312 g/mol. The van der Waals surface area contributed by atoms with Gasteiger partial charge in [0, 0.05) is 6.92 Å². The number of benzene rings is 2. The first-order valence-electron chi connectivity index (χ1n) is 7.47. The zero-order valence-corrected chi connectivity index (χ0v) is 13.9. The second-order valence-corrected chi connectivity index (χ2v) is 7.10. The van der Waals surface area contributed by atoms with E-state index in [2.05, 4.69) is 16.6 Å². The van der Waals surface area contributed by atoms with Gasteiger partial charge in [-0.25, -0.2) is 13.4 Å². The van der Waals surface area contributed by atoms with Gasteiger partial charge in [-0.15, -0.1) is 0 Å². The third kappa shape index (κ3) is 3.37. The molecule has 0 saturated carbocycles. The van der Waals surface area contributed by atoms with Crippen LogP contribution in [0.1, 0.15) is 24.8 Å². The molecule has 0 aliphatic rings. The number of sulfonamides is 1. The van der Waals surface area contributed by atoms with Crippen molar-refractivity contribution >= 4 is 26.8 Å². The molecule has 6 heteroatoms. The van der Waals surface area contributed by atoms with Crippen molar-refractivity contribution in [2.24, 2.45) is 0 Å². The molecule has 1 aromatic heterocycles. The van der Waals surface area contributed by atoms with Gasteiger partial charge in [0.05, 0.1) is 10.6 Å². The van der Waals surface area contributed by atoms with Crippen LogP contribution in [0.3, 0.4) is 0 Å². The predicted molar refractivity (Wildman–Crippen MR) is 90.0 cm³/mol. The lowest BCUT2D eigenvalue weighted by molar-refractivity contribution is 0.561. The molecule has 0 saturated heterocycles. The molecule has 0 radical (unpaired) electrons. The molecule has 0 aliphatic heterocycles. The molecule has 23 heavy (non-hydrogen) atoms. The van der Waals surface area contributed by atoms with Crippen molar-refractivity contribution in [2.45, 2.75) is 31.6 Å². The van der Waals surface area contributed by atoms with Gasteiger partial charge in [0.15, 0.2) is 11.5 Å². The molecular formula is C17H18N2O3S. The average molecular weight is 330 g/mol. The lowest BCUT2D eigenvalue weighted by Gasteiger charge is -2.08. The summed E-state index contributed by atoms with van der Waals surface area (Å²) in [5.74, 6) is 0.548. The van der Waals surface area contributed by atoms with Gasteiger partial charge in [-0.2, -0.15) is 0 Å². The van der Waals surface area contributed by atoms with E-state index in [1.54, 1.807) is 37.3 Å². The molecule has 0 fully saturated rings. The summed E-state index contributed by atoms with van der Waals surface area (Å²) in [6, 6.07) is 12.0. The fraction of sp³-hybridized carbons (Fsp3) is 0.235. The third-order valence-electron chi connectivity index (χ3n) is 3.52. The van der Waals surface area contributed by atoms with Crippen LogP contribution < -0.4 is 4.72 Å². The van der Waals surface area contributed by atoms with E-state index in [1.807, 2.05) is 12.1 Å². The first-order valence-corrected chi connectivity index (χ1v) is 8.95. The molecule has 0 spiro atoms. The van der Waals surface area contributed by atoms with Gasteiger partial charge in [0.1, 0.15) is 5.52 Å². The summed E-state index contributed by atoms with van der Waals surface area (Å²) in [6.45, 7) is 3.84. The van der Waals surface area contributed by atoms with Crippen LogP contribution in [0, 0.1) is 6.92 Å². The topological polar surface area (TPSA) is 72.2 Å². The van der Waals surface area contributed by atoms with Crippen LogP contribution in [0.2, 0.25) is 0 Å². The van der Waals surface area contributed by atoms with Gasteiger partial charge in [0.2, 0.25) is 0 Å². The van der Waals surface area contributed by atoms with Crippen LogP contribution in [0.25, 0.3) is 11.1 Å². The molecule has 2 aromatic carbocycles. The minimum Gasteiger partial charge on any atom is -0.441 e. The van der Waals surface area contributed by atoms with Crippen molar-refractivity contribution in [3.8, 4) is 0 Å². The summed E-state index contributed by atoms with van der Waals surface area (Å²) in [5.41, 5.74) is 2.85. The van der Waals surface area contributed by atoms with Crippen LogP contribution >= 0.6 is 0 Å². The van der Waals surface area contributed by atoms with E-state index in [0.717, 1.165) is 18.4 Å². The summed E-state index contributed by atoms with van der Waals surface area (Å²) >= 11 is 0. The lowest BCUT2D eigenvalue weighted by atomic mass is 10.1. The maximum atomic E-state index is 12.5. The number of aromatic nitrogens is 1. The number of oxazole rings is 1. The Balaban J connectivity index is 1.86. The van der Waals surface area contributed by atoms with Crippen molar-refractivity contribution < 1.29 is 12.8 Å². The molecule has 1 N–H and O–H groups in total. The number of aryl methyl sites for hydroxylation is 2. The number of nitrogens with zero attached hydrogens (tertiary/aromatic N) is 1. The Bertz CT molecular complexity index is 928. The standard InChI is InChI=1S/C17H18N2O3S/c1-3-4-13-5-8-15(9-6-13)23(20,21)19-14-7-10-17-16(11-14)18-12(2)22-17/h5-11,19H,3-4H2,1-2H3. The monoisotopic (exact) mass is 330 g/mol. The molecule has 0 unspecified atom stereocenters. The van der Waals surface area contributed by atoms with E-state index in [0.29, 0.717) is 22.7 Å². The first-order chi connectivity index (χ1) is 11.0. The maximum absolute atomic E-state index is 12.5. The van der Waals surface area contributed by atoms with E-state index in [4.69, 9.17) is 4.42 Å². The minimum atomic E-state index is -3.62. The van der Waals surface area contributed by atoms with Crippen LogP contribution in [-0.2, 0) is 16.4 Å². The van der Waals surface area contributed by atoms with Crippen LogP contribution in [0.5, 0.6) is 0 Å². The average Bonchev–Trinajstić information content (AvgIpc) is 2.87. The number of nitrogens with one attached hydrogen (secondary N) is 1. The van der Waals surface area contributed by atoms with Gasteiger partial charge >= 0.3 is 0 Å². The quantitative estimate of drug-likeness (QED) is 0.770. The van der Waals surface area contributed by atoms with E-state index >= 15 is 0 Å². The molecule has 0 amide bonds. The van der Waals surface area contributed by atoms with E-state index in [-0.39, 0.29) is 4.90 Å². The molecule has 3 aromatic rings. The Morgan fingerprint density at radius 3 is 2.57 bits per heavy atom. The molecule has 0 aliphatic carbocycles. The van der Waals surface area contributed by atoms with Crippen molar-refractivity contribution in [1.29, 1.82) is 0 Å². The summed E-state index contributed by atoms with van der Waals surface area (Å²) < 4.78 is 32.9. The third-order valence-corrected chi connectivity index (χ3v) is 4.92. The van der Waals surface area contributed by atoms with Gasteiger partial charge in [-0.3, -0.25) is 4.72 Å². The zero-order valence-electron chi connectivity index (χ0n) is 13.0. The summed E-state index contributed by atoms with van der Waals surface area (Å²) in [4.78, 5) is 4.45. The first kappa shape index (κ1) is 15.6. The van der Waals surface area contributed by atoms with Crippen molar-refractivity contribution in [1.82, 2.24) is 4.98 Å². The van der Waals surface area contributed by atoms with Gasteiger partial charge in [0.25, 0.3) is 10.0 Å². The normalized spacial score (nSPS) is 11.7. The highest BCUT2D eigenvalue weighted by molar-refractivity contribution is 7.92. The molecule has 1 heterocycles. The van der Waals surface area contributed by atoms with E-state index < -0.39 is 10.0 Å². The molecule has 3 rings (SSSR count). The number of anilines is 1. The largest absolute Gasteiger partial charge is 0.441 e. The highest BCUT2D eigenvalue weighted by atomic mass is 32.2. The fourth-order valence-corrected chi connectivity index (χ4v) is 3.49. The molecule has 5 nitrogen and oxygen atoms in total. The van der Waals surface area contributed by atoms with Gasteiger partial charge in [-0.1, -0.05) is 25.5 Å². The minimum absolute atomic E-state index is 0.244. The number of hydrogen-bond acceptors (Lipinski definition) is 4. The Morgan fingerprint density at radius 1 is 1.13 bits per heavy atom. The number of fused-ring (bicyclic) bond motifs is 1. The molecule has 0 bridgehead atoms. The second kappa shape index (κ2) is 6.04. The van der Waals surface area contributed by atoms with Crippen molar-refractivity contribution in [2.75, 3.05) is 4.72 Å². The second-order valence-electron chi connectivity index (χ2n) is 5.41. The number of rotatable bonds is 5. The highest BCUT2D eigenvalue weighted by Crippen LogP contribution is 2.22. The van der Waals surface area contributed by atoms with Crippen molar-refractivity contribution in [3.63, 3.8) is 0 Å². The lowest BCUT2D eigenvalue weighted by Crippen LogP contribution is -2.12. The molecule has 120 valence electrons. The molecule has 0 atom stereocenters. The smallest absolute Gasteiger partial charge is 0.261 e. The zero-order chi connectivity index (χ0) is 16.4. The van der Waals surface area contributed by atoms with Crippen LogP contribution in [0.15, 0.2) is 51.8 Å². The summed E-state index contributed by atoms with van der Waals surface area (Å²) in [7, 11) is -3.62. The Hall–Kier alpha value is -2.34. The SMILES string of the molecule is CCCc1ccc(S(=O)(=O)Nc2ccc3oc(C)nc3c2)cc1. The Labute approximate surface area is 135 Å². The van der Waals surface area contributed by atoms with E-state index in [1.165, 1.54) is 0 Å². The van der Waals surface area contributed by atoms with Crippen LogP contribution in [0.4, 0.5) is 5.69 Å². The summed E-state index contributed by atoms with van der Waals surface area (Å²) in [6.07, 6.45) is 1.97. The fourth-order valence-electron chi connectivity index (χ4n) is 2.44. The van der Waals surface area contributed by atoms with E-state index in [9.17, 15) is 8.42 Å². The highest BCUT2D eigenvalue weighted by Gasteiger charge is 2.15. The van der Waals surface area contributed by atoms with Gasteiger partial charge < -0.3 is 4.42 Å². The van der Waals surface area contributed by atoms with Crippen molar-refractivity contribution in [3.05, 3.63) is 53.9 Å². The van der Waals surface area contributed by atoms with Gasteiger partial charge in [-0.05, 0) is 42.3 Å². The number of hydrogen-bond donors (Lipinski definition) is 1.